The number of nitrogens with one attached hydrogen (secondary N) is 1. The summed E-state index contributed by atoms with van der Waals surface area (Å²) in [6.45, 7) is 0.0222. The van der Waals surface area contributed by atoms with Crippen LogP contribution in [0.2, 0.25) is 4.47 Å². The van der Waals surface area contributed by atoms with Crippen LogP contribution >= 0.6 is 22.9 Å². The Balaban J connectivity index is 2.24. The number of aromatic nitrogens is 1. The molecular weight excluding hydrogens is 304 g/mol. The number of nitrogens with zero attached hydrogens (tertiary/aromatic N) is 1. The van der Waals surface area contributed by atoms with Crippen molar-refractivity contribution in [1.29, 1.82) is 0 Å². The fraction of sp³-hybridized carbons (Fsp3) is 0.182. The van der Waals surface area contributed by atoms with Gasteiger partial charge in [-0.2, -0.15) is 13.2 Å². The highest BCUT2D eigenvalue weighted by Crippen LogP contribution is 2.36. The molecule has 0 atom stereocenters. The first-order valence-electron chi connectivity index (χ1n) is 5.07. The average Bonchev–Trinajstić information content (AvgIpc) is 2.72. The Labute approximate surface area is 115 Å². The highest BCUT2D eigenvalue weighted by molar-refractivity contribution is 7.15. The molecule has 2 rings (SSSR count). The third kappa shape index (κ3) is 3.36. The van der Waals surface area contributed by atoms with Crippen LogP contribution in [-0.2, 0) is 12.7 Å². The van der Waals surface area contributed by atoms with Crippen LogP contribution in [0.1, 0.15) is 10.4 Å². The quantitative estimate of drug-likeness (QED) is 0.840. The van der Waals surface area contributed by atoms with Gasteiger partial charge in [0.25, 0.3) is 0 Å². The zero-order valence-corrected chi connectivity index (χ0v) is 10.8. The Morgan fingerprint density at radius 1 is 1.32 bits per heavy atom. The second kappa shape index (κ2) is 5.34. The molecule has 0 radical (unpaired) electrons. The normalized spacial score (nSPS) is 11.6. The Morgan fingerprint density at radius 2 is 2.05 bits per heavy atom. The van der Waals surface area contributed by atoms with Crippen molar-refractivity contribution >= 4 is 28.6 Å². The number of thiazole rings is 1. The molecule has 1 aromatic carbocycles. The van der Waals surface area contributed by atoms with Gasteiger partial charge in [-0.05, 0) is 12.1 Å². The summed E-state index contributed by atoms with van der Waals surface area (Å²) in [6, 6.07) is 2.81. The van der Waals surface area contributed by atoms with Gasteiger partial charge in [0.15, 0.2) is 4.47 Å². The largest absolute Gasteiger partial charge is 0.418 e. The van der Waals surface area contributed by atoms with Gasteiger partial charge in [-0.1, -0.05) is 17.7 Å². The van der Waals surface area contributed by atoms with Gasteiger partial charge in [-0.3, -0.25) is 0 Å². The van der Waals surface area contributed by atoms with Gasteiger partial charge in [0.2, 0.25) is 0 Å². The third-order valence-electron chi connectivity index (χ3n) is 2.28. The number of halogens is 5. The van der Waals surface area contributed by atoms with Crippen LogP contribution in [0.4, 0.5) is 23.2 Å². The van der Waals surface area contributed by atoms with Crippen molar-refractivity contribution in [1.82, 2.24) is 4.98 Å². The number of hydrogen-bond donors (Lipinski definition) is 1. The number of hydrogen-bond acceptors (Lipinski definition) is 3. The van der Waals surface area contributed by atoms with E-state index in [-0.39, 0.29) is 11.0 Å². The third-order valence-corrected chi connectivity index (χ3v) is 3.40. The standard InChI is InChI=1S/C11H7ClF4N2S/c12-10-18-5-6(19-10)4-17-9-7(11(14,15)16)2-1-3-8(9)13/h1-3,5,17H,4H2. The maximum atomic E-state index is 13.5. The van der Waals surface area contributed by atoms with E-state index in [1.807, 2.05) is 0 Å². The molecule has 19 heavy (non-hydrogen) atoms. The summed E-state index contributed by atoms with van der Waals surface area (Å²) in [5, 5.41) is 2.43. The molecule has 102 valence electrons. The first kappa shape index (κ1) is 14.1. The topological polar surface area (TPSA) is 24.9 Å². The van der Waals surface area contributed by atoms with Gasteiger partial charge in [0.1, 0.15) is 5.82 Å². The molecule has 0 spiro atoms. The van der Waals surface area contributed by atoms with Crippen LogP contribution in [0.3, 0.4) is 0 Å². The van der Waals surface area contributed by atoms with E-state index >= 15 is 0 Å². The average molecular weight is 311 g/mol. The highest BCUT2D eigenvalue weighted by Gasteiger charge is 2.34. The Hall–Kier alpha value is -1.34. The summed E-state index contributed by atoms with van der Waals surface area (Å²) in [5.41, 5.74) is -1.61. The highest BCUT2D eigenvalue weighted by atomic mass is 35.5. The van der Waals surface area contributed by atoms with Crippen LogP contribution in [0.5, 0.6) is 0 Å². The minimum Gasteiger partial charge on any atom is -0.377 e. The zero-order valence-electron chi connectivity index (χ0n) is 9.26. The Bertz CT molecular complexity index is 582. The summed E-state index contributed by atoms with van der Waals surface area (Å²) < 4.78 is 51.9. The van der Waals surface area contributed by atoms with E-state index in [4.69, 9.17) is 11.6 Å². The predicted molar refractivity (Wildman–Crippen MR) is 65.9 cm³/mol. The zero-order chi connectivity index (χ0) is 14.0. The van der Waals surface area contributed by atoms with Crippen LogP contribution in [0.25, 0.3) is 0 Å². The van der Waals surface area contributed by atoms with Gasteiger partial charge in [0, 0.05) is 11.1 Å². The van der Waals surface area contributed by atoms with Gasteiger partial charge in [-0.15, -0.1) is 11.3 Å². The minimum absolute atomic E-state index is 0.0222. The lowest BCUT2D eigenvalue weighted by molar-refractivity contribution is -0.137. The number of rotatable bonds is 3. The van der Waals surface area contributed by atoms with Crippen LogP contribution in [0.15, 0.2) is 24.4 Å². The summed E-state index contributed by atoms with van der Waals surface area (Å²) >= 11 is 6.72. The van der Waals surface area contributed by atoms with E-state index in [9.17, 15) is 17.6 Å². The van der Waals surface area contributed by atoms with Gasteiger partial charge >= 0.3 is 6.18 Å². The van der Waals surface area contributed by atoms with Crippen molar-refractivity contribution in [3.63, 3.8) is 0 Å². The van der Waals surface area contributed by atoms with Crippen LogP contribution < -0.4 is 5.32 Å². The fourth-order valence-electron chi connectivity index (χ4n) is 1.48. The molecule has 0 fully saturated rings. The Morgan fingerprint density at radius 3 is 2.63 bits per heavy atom. The second-order valence-corrected chi connectivity index (χ2v) is 5.29. The molecule has 2 aromatic rings. The van der Waals surface area contributed by atoms with Crippen molar-refractivity contribution in [3.8, 4) is 0 Å². The molecule has 0 bridgehead atoms. The number of anilines is 1. The van der Waals surface area contributed by atoms with Crippen molar-refractivity contribution < 1.29 is 17.6 Å². The van der Waals surface area contributed by atoms with E-state index < -0.39 is 23.2 Å². The molecule has 1 N–H and O–H groups in total. The van der Waals surface area contributed by atoms with E-state index in [0.29, 0.717) is 4.88 Å². The molecule has 2 nitrogen and oxygen atoms in total. The molecule has 0 saturated heterocycles. The summed E-state index contributed by atoms with van der Waals surface area (Å²) in [6.07, 6.45) is -3.19. The monoisotopic (exact) mass is 310 g/mol. The molecular formula is C11H7ClF4N2S. The molecule has 0 saturated carbocycles. The van der Waals surface area contributed by atoms with Crippen LogP contribution in [0, 0.1) is 5.82 Å². The minimum atomic E-state index is -4.62. The lowest BCUT2D eigenvalue weighted by Crippen LogP contribution is -2.12. The van der Waals surface area contributed by atoms with Crippen molar-refractivity contribution in [3.05, 3.63) is 45.1 Å². The smallest absolute Gasteiger partial charge is 0.377 e. The SMILES string of the molecule is Fc1cccc(C(F)(F)F)c1NCc1cnc(Cl)s1. The molecule has 1 aromatic heterocycles. The number of para-hydroxylation sites is 1. The van der Waals surface area contributed by atoms with E-state index in [1.165, 1.54) is 6.20 Å². The summed E-state index contributed by atoms with van der Waals surface area (Å²) in [4.78, 5) is 4.36. The molecule has 0 amide bonds. The van der Waals surface area contributed by atoms with E-state index in [0.717, 1.165) is 29.5 Å². The first-order chi connectivity index (χ1) is 8.88. The Kier molecular flexibility index (Phi) is 3.96. The maximum Gasteiger partial charge on any atom is 0.418 e. The van der Waals surface area contributed by atoms with Crippen molar-refractivity contribution in [2.75, 3.05) is 5.32 Å². The van der Waals surface area contributed by atoms with Crippen LogP contribution in [-0.4, -0.2) is 4.98 Å². The maximum absolute atomic E-state index is 13.5. The first-order valence-corrected chi connectivity index (χ1v) is 6.27. The molecule has 8 heteroatoms. The predicted octanol–water partition coefficient (Wildman–Crippen LogP) is 4.57. The number of benzene rings is 1. The molecule has 0 unspecified atom stereocenters. The van der Waals surface area contributed by atoms with Crippen molar-refractivity contribution in [2.24, 2.45) is 0 Å². The summed E-state index contributed by atoms with van der Waals surface area (Å²) in [5.74, 6) is -0.953. The van der Waals surface area contributed by atoms with Crippen molar-refractivity contribution in [2.45, 2.75) is 12.7 Å². The number of alkyl halides is 3. The molecule has 0 aliphatic rings. The van der Waals surface area contributed by atoms with Gasteiger partial charge in [0.05, 0.1) is 17.8 Å². The summed E-state index contributed by atoms with van der Waals surface area (Å²) in [7, 11) is 0. The lowest BCUT2D eigenvalue weighted by Gasteiger charge is -2.14. The lowest BCUT2D eigenvalue weighted by atomic mass is 10.1. The van der Waals surface area contributed by atoms with E-state index in [2.05, 4.69) is 10.3 Å². The fourth-order valence-corrected chi connectivity index (χ4v) is 2.40. The van der Waals surface area contributed by atoms with Gasteiger partial charge in [-0.25, -0.2) is 9.37 Å². The molecule has 1 heterocycles. The van der Waals surface area contributed by atoms with Gasteiger partial charge < -0.3 is 5.32 Å². The molecule has 0 aliphatic carbocycles. The van der Waals surface area contributed by atoms with E-state index in [1.54, 1.807) is 0 Å². The second-order valence-electron chi connectivity index (χ2n) is 3.59. The molecule has 0 aliphatic heterocycles.